The largest absolute Gasteiger partial charge is 0.379 e. The number of rotatable bonds is 29. The quantitative estimate of drug-likeness (QED) is 0.0590. The van der Waals surface area contributed by atoms with Crippen LogP contribution >= 0.6 is 11.8 Å². The molecule has 0 saturated carbocycles. The minimum atomic E-state index is -0.0579. The molecule has 0 aromatic rings. The van der Waals surface area contributed by atoms with Crippen LogP contribution in [-0.2, 0) is 28.6 Å². The molecule has 46 heavy (non-hydrogen) atoms. The molecule has 0 bridgehead atoms. The van der Waals surface area contributed by atoms with Crippen molar-refractivity contribution in [3.8, 4) is 0 Å². The first kappa shape index (κ1) is 40.0. The number of ether oxygens (including phenoxy) is 3. The monoisotopic (exact) mass is 672 g/mol. The van der Waals surface area contributed by atoms with E-state index in [0.29, 0.717) is 90.2 Å². The highest BCUT2D eigenvalue weighted by atomic mass is 32.2. The number of carbonyl (C=O) groups excluding carboxylic acids is 4. The van der Waals surface area contributed by atoms with E-state index < -0.39 is 0 Å². The average molecular weight is 673 g/mol. The number of carbonyl (C=O) groups is 4. The van der Waals surface area contributed by atoms with Gasteiger partial charge < -0.3 is 45.7 Å². The molecule has 0 aromatic heterocycles. The van der Waals surface area contributed by atoms with Crippen LogP contribution in [-0.4, -0.2) is 131 Å². The lowest BCUT2D eigenvalue weighted by Gasteiger charge is -2.16. The Hall–Kier alpha value is -2.13. The summed E-state index contributed by atoms with van der Waals surface area (Å²) in [6.07, 6.45) is 8.17. The van der Waals surface area contributed by atoms with Crippen LogP contribution in [0, 0.1) is 0 Å². The fraction of sp³-hybridized carbons (Fsp3) is 0.875. The van der Waals surface area contributed by atoms with Gasteiger partial charge in [0.25, 0.3) is 0 Å². The number of unbranched alkanes of at least 4 members (excludes halogenated alkanes) is 2. The van der Waals surface area contributed by atoms with E-state index in [1.165, 1.54) is 0 Å². The topological polar surface area (TPSA) is 159 Å². The second-order valence-electron chi connectivity index (χ2n) is 11.9. The highest BCUT2D eigenvalue weighted by Gasteiger charge is 2.42. The van der Waals surface area contributed by atoms with Gasteiger partial charge in [-0.05, 0) is 65.1 Å². The molecular formula is C32H60N6O7S. The number of hydrogen-bond acceptors (Lipinski definition) is 9. The van der Waals surface area contributed by atoms with Crippen molar-refractivity contribution in [3.63, 3.8) is 0 Å². The summed E-state index contributed by atoms with van der Waals surface area (Å²) in [6, 6.07) is 0.419. The van der Waals surface area contributed by atoms with E-state index >= 15 is 0 Å². The van der Waals surface area contributed by atoms with E-state index in [-0.39, 0.29) is 35.8 Å². The minimum Gasteiger partial charge on any atom is -0.379 e. The molecule has 2 aliphatic heterocycles. The molecule has 2 fully saturated rings. The van der Waals surface area contributed by atoms with Gasteiger partial charge in [-0.1, -0.05) is 13.3 Å². The predicted octanol–water partition coefficient (Wildman–Crippen LogP) is 1.79. The van der Waals surface area contributed by atoms with Crippen LogP contribution < -0.4 is 26.6 Å². The molecule has 2 aliphatic rings. The van der Waals surface area contributed by atoms with Crippen molar-refractivity contribution in [2.24, 2.45) is 0 Å². The van der Waals surface area contributed by atoms with Crippen LogP contribution in [0.25, 0.3) is 0 Å². The van der Waals surface area contributed by atoms with Crippen molar-refractivity contribution >= 4 is 35.5 Å². The van der Waals surface area contributed by atoms with Crippen LogP contribution in [0.1, 0.15) is 77.6 Å². The van der Waals surface area contributed by atoms with Gasteiger partial charge >= 0.3 is 6.03 Å². The molecular weight excluding hydrogens is 612 g/mol. The number of hydrogen-bond donors (Lipinski definition) is 5. The zero-order valence-corrected chi connectivity index (χ0v) is 29.0. The zero-order valence-electron chi connectivity index (χ0n) is 28.2. The summed E-state index contributed by atoms with van der Waals surface area (Å²) in [4.78, 5) is 49.6. The fourth-order valence-electron chi connectivity index (χ4n) is 5.19. The van der Waals surface area contributed by atoms with Crippen LogP contribution in [0.3, 0.4) is 0 Å². The SMILES string of the molecule is CCN(C)CCCCNC(=O)CCCC(=O)NCCCOCCOCCOCCCNC(=O)CCCC[C@@H]1SC[C@@H]2NC(=O)NC21. The molecule has 13 nitrogen and oxygen atoms in total. The van der Waals surface area contributed by atoms with Gasteiger partial charge in [0.15, 0.2) is 0 Å². The second kappa shape index (κ2) is 25.9. The molecule has 266 valence electrons. The summed E-state index contributed by atoms with van der Waals surface area (Å²) < 4.78 is 16.6. The van der Waals surface area contributed by atoms with Crippen molar-refractivity contribution in [2.75, 3.05) is 85.2 Å². The molecule has 0 spiro atoms. The number of nitrogens with one attached hydrogen (secondary N) is 5. The molecule has 2 rings (SSSR count). The summed E-state index contributed by atoms with van der Waals surface area (Å²) >= 11 is 1.91. The molecule has 5 N–H and O–H groups in total. The van der Waals surface area contributed by atoms with Crippen LogP contribution in [0.4, 0.5) is 4.79 Å². The Balaban J connectivity index is 1.24. The van der Waals surface area contributed by atoms with Crippen molar-refractivity contribution in [3.05, 3.63) is 0 Å². The maximum Gasteiger partial charge on any atom is 0.315 e. The standard InChI is InChI=1S/C32H60N6O7S/c1-3-38(2)18-7-6-15-33-29(40)13-8-14-30(41)35-17-10-20-44-22-24-45-23-21-43-19-9-16-34-28(39)12-5-4-11-27-31-26(25-46-27)36-32(42)37-31/h26-27,31H,3-25H2,1-2H3,(H,33,40)(H,34,39)(H,35,41)(H2,36,37,42)/t26-,27-,31?/m0/s1. The third-order valence-corrected chi connectivity index (χ3v) is 9.54. The normalized spacial score (nSPS) is 18.7. The van der Waals surface area contributed by atoms with Crippen molar-refractivity contribution < 1.29 is 33.4 Å². The summed E-state index contributed by atoms with van der Waals surface area (Å²) in [6.45, 7) is 9.10. The van der Waals surface area contributed by atoms with Crippen LogP contribution in [0.15, 0.2) is 0 Å². The molecule has 5 amide bonds. The molecule has 1 unspecified atom stereocenters. The first-order chi connectivity index (χ1) is 22.4. The number of amides is 5. The van der Waals surface area contributed by atoms with Gasteiger partial charge in [-0.2, -0.15) is 11.8 Å². The first-order valence-electron chi connectivity index (χ1n) is 17.3. The molecule has 2 heterocycles. The molecule has 2 saturated heterocycles. The summed E-state index contributed by atoms with van der Waals surface area (Å²) in [5.41, 5.74) is 0. The summed E-state index contributed by atoms with van der Waals surface area (Å²) in [7, 11) is 2.09. The zero-order chi connectivity index (χ0) is 33.2. The third kappa shape index (κ3) is 19.5. The van der Waals surface area contributed by atoms with E-state index in [2.05, 4.69) is 45.5 Å². The Kier molecular flexibility index (Phi) is 22.5. The van der Waals surface area contributed by atoms with Gasteiger partial charge in [-0.25, -0.2) is 4.79 Å². The Morgan fingerprint density at radius 2 is 1.28 bits per heavy atom. The van der Waals surface area contributed by atoms with E-state index in [4.69, 9.17) is 14.2 Å². The highest BCUT2D eigenvalue weighted by Crippen LogP contribution is 2.33. The maximum atomic E-state index is 12.0. The molecule has 14 heteroatoms. The molecule has 3 atom stereocenters. The van der Waals surface area contributed by atoms with E-state index in [1.54, 1.807) is 0 Å². The molecule has 0 aliphatic carbocycles. The Labute approximate surface area is 280 Å². The van der Waals surface area contributed by atoms with Gasteiger partial charge in [0.05, 0.1) is 38.5 Å². The van der Waals surface area contributed by atoms with E-state index in [1.807, 2.05) is 11.8 Å². The van der Waals surface area contributed by atoms with Crippen molar-refractivity contribution in [1.82, 2.24) is 31.5 Å². The van der Waals surface area contributed by atoms with Crippen LogP contribution in [0.2, 0.25) is 0 Å². The van der Waals surface area contributed by atoms with Gasteiger partial charge in [0, 0.05) is 63.1 Å². The molecule has 0 aromatic carbocycles. The predicted molar refractivity (Wildman–Crippen MR) is 181 cm³/mol. The number of fused-ring (bicyclic) bond motifs is 1. The third-order valence-electron chi connectivity index (χ3n) is 8.04. The van der Waals surface area contributed by atoms with E-state index in [0.717, 1.165) is 63.8 Å². The minimum absolute atomic E-state index is 0.00991. The smallest absolute Gasteiger partial charge is 0.315 e. The highest BCUT2D eigenvalue weighted by molar-refractivity contribution is 8.00. The summed E-state index contributed by atoms with van der Waals surface area (Å²) in [5, 5.41) is 15.1. The van der Waals surface area contributed by atoms with Crippen LogP contribution in [0.5, 0.6) is 0 Å². The van der Waals surface area contributed by atoms with Gasteiger partial charge in [0.1, 0.15) is 0 Å². The van der Waals surface area contributed by atoms with Crippen molar-refractivity contribution in [1.29, 1.82) is 0 Å². The Morgan fingerprint density at radius 1 is 0.739 bits per heavy atom. The van der Waals surface area contributed by atoms with Gasteiger partial charge in [-0.3, -0.25) is 14.4 Å². The maximum absolute atomic E-state index is 12.0. The lowest BCUT2D eigenvalue weighted by molar-refractivity contribution is -0.123. The van der Waals surface area contributed by atoms with Gasteiger partial charge in [0.2, 0.25) is 17.7 Å². The number of thioether (sulfide) groups is 1. The first-order valence-corrected chi connectivity index (χ1v) is 18.3. The second-order valence-corrected chi connectivity index (χ2v) is 13.2. The number of nitrogens with zero attached hydrogens (tertiary/aromatic N) is 1. The van der Waals surface area contributed by atoms with Gasteiger partial charge in [-0.15, -0.1) is 0 Å². The lowest BCUT2D eigenvalue weighted by atomic mass is 10.0. The Bertz CT molecular complexity index is 871. The number of urea groups is 1. The Morgan fingerprint density at radius 3 is 1.87 bits per heavy atom. The summed E-state index contributed by atoms with van der Waals surface area (Å²) in [5.74, 6) is 1.01. The average Bonchev–Trinajstić information content (AvgIpc) is 3.59. The lowest BCUT2D eigenvalue weighted by Crippen LogP contribution is -2.36. The fourth-order valence-corrected chi connectivity index (χ4v) is 6.73. The van der Waals surface area contributed by atoms with Crippen molar-refractivity contribution in [2.45, 2.75) is 94.9 Å². The van der Waals surface area contributed by atoms with E-state index in [9.17, 15) is 19.2 Å². The molecule has 0 radical (unpaired) electrons.